The summed E-state index contributed by atoms with van der Waals surface area (Å²) in [6, 6.07) is 13.7. The number of carbonyl (C=O) groups excluding carboxylic acids is 1. The van der Waals surface area contributed by atoms with Crippen LogP contribution in [-0.4, -0.2) is 22.5 Å². The average Bonchev–Trinajstić information content (AvgIpc) is 3.05. The minimum Gasteiger partial charge on any atom is -0.356 e. The van der Waals surface area contributed by atoms with Crippen LogP contribution in [0.25, 0.3) is 11.3 Å². The van der Waals surface area contributed by atoms with E-state index in [2.05, 4.69) is 27.7 Å². The molecular weight excluding hydrogens is 434 g/mol. The summed E-state index contributed by atoms with van der Waals surface area (Å²) in [4.78, 5) is 14.7. The van der Waals surface area contributed by atoms with Gasteiger partial charge in [0.05, 0.1) is 17.8 Å². The molecule has 1 aliphatic heterocycles. The summed E-state index contributed by atoms with van der Waals surface area (Å²) in [5.41, 5.74) is 3.23. The molecule has 4 nitrogen and oxygen atoms in total. The first-order valence-corrected chi connectivity index (χ1v) is 8.98. The number of benzene rings is 2. The molecule has 4 rings (SSSR count). The second-order valence-electron chi connectivity index (χ2n) is 5.90. The highest BCUT2D eigenvalue weighted by molar-refractivity contribution is 14.1. The van der Waals surface area contributed by atoms with Gasteiger partial charge in [0.25, 0.3) is 5.91 Å². The third kappa shape index (κ3) is 3.06. The van der Waals surface area contributed by atoms with E-state index in [1.54, 1.807) is 12.1 Å². The predicted molar refractivity (Wildman–Crippen MR) is 99.5 cm³/mol. The largest absolute Gasteiger partial charge is 0.356 e. The SMILES string of the molecule is O=C(c1ccccc1I)N1CCc2noc(-c3ccc(F)cc3)c2C1. The Labute approximate surface area is 157 Å². The highest BCUT2D eigenvalue weighted by Gasteiger charge is 2.28. The number of halogens is 2. The minimum absolute atomic E-state index is 0.00176. The Morgan fingerprint density at radius 3 is 2.68 bits per heavy atom. The van der Waals surface area contributed by atoms with Crippen LogP contribution < -0.4 is 0 Å². The van der Waals surface area contributed by atoms with E-state index in [0.717, 1.165) is 20.4 Å². The monoisotopic (exact) mass is 448 g/mol. The van der Waals surface area contributed by atoms with Crippen molar-refractivity contribution in [3.63, 3.8) is 0 Å². The molecular formula is C19H14FIN2O2. The van der Waals surface area contributed by atoms with Crippen molar-refractivity contribution < 1.29 is 13.7 Å². The van der Waals surface area contributed by atoms with Gasteiger partial charge in [-0.1, -0.05) is 17.3 Å². The van der Waals surface area contributed by atoms with Crippen LogP contribution in [0.4, 0.5) is 4.39 Å². The Morgan fingerprint density at radius 1 is 1.16 bits per heavy atom. The maximum atomic E-state index is 13.2. The summed E-state index contributed by atoms with van der Waals surface area (Å²) in [6.07, 6.45) is 0.648. The van der Waals surface area contributed by atoms with Crippen molar-refractivity contribution in [3.05, 3.63) is 74.7 Å². The van der Waals surface area contributed by atoms with Gasteiger partial charge in [0, 0.05) is 27.7 Å². The van der Waals surface area contributed by atoms with Crippen molar-refractivity contribution in [1.29, 1.82) is 0 Å². The highest BCUT2D eigenvalue weighted by atomic mass is 127. The summed E-state index contributed by atoms with van der Waals surface area (Å²) in [5.74, 6) is 0.310. The molecule has 1 amide bonds. The van der Waals surface area contributed by atoms with Crippen molar-refractivity contribution >= 4 is 28.5 Å². The van der Waals surface area contributed by atoms with Crippen LogP contribution in [-0.2, 0) is 13.0 Å². The standard InChI is InChI=1S/C19H14FIN2O2/c20-13-7-5-12(6-8-13)18-15-11-23(10-9-17(15)22-25-18)19(24)14-3-1-2-4-16(14)21/h1-8H,9-11H2. The number of amides is 1. The van der Waals surface area contributed by atoms with E-state index in [4.69, 9.17) is 4.52 Å². The van der Waals surface area contributed by atoms with Crippen molar-refractivity contribution in [3.8, 4) is 11.3 Å². The molecule has 0 atom stereocenters. The number of carbonyl (C=O) groups is 1. The molecule has 0 fully saturated rings. The first kappa shape index (κ1) is 16.3. The Kier molecular flexibility index (Phi) is 4.29. The van der Waals surface area contributed by atoms with Gasteiger partial charge in [-0.05, 0) is 59.0 Å². The van der Waals surface area contributed by atoms with Crippen molar-refractivity contribution in [2.75, 3.05) is 6.54 Å². The summed E-state index contributed by atoms with van der Waals surface area (Å²) in [7, 11) is 0. The van der Waals surface area contributed by atoms with E-state index in [-0.39, 0.29) is 11.7 Å². The molecule has 0 unspecified atom stereocenters. The number of hydrogen-bond acceptors (Lipinski definition) is 3. The van der Waals surface area contributed by atoms with Crippen molar-refractivity contribution in [2.45, 2.75) is 13.0 Å². The molecule has 0 saturated heterocycles. The number of rotatable bonds is 2. The maximum Gasteiger partial charge on any atom is 0.255 e. The average molecular weight is 448 g/mol. The fraction of sp³-hybridized carbons (Fsp3) is 0.158. The van der Waals surface area contributed by atoms with Crippen LogP contribution in [0.15, 0.2) is 53.1 Å². The Bertz CT molecular complexity index is 937. The number of aromatic nitrogens is 1. The van der Waals surface area contributed by atoms with E-state index in [9.17, 15) is 9.18 Å². The van der Waals surface area contributed by atoms with Crippen LogP contribution in [0.3, 0.4) is 0 Å². The second kappa shape index (κ2) is 6.59. The lowest BCUT2D eigenvalue weighted by Gasteiger charge is -2.26. The smallest absolute Gasteiger partial charge is 0.255 e. The van der Waals surface area contributed by atoms with Crippen LogP contribution >= 0.6 is 22.6 Å². The lowest BCUT2D eigenvalue weighted by atomic mass is 10.0. The molecule has 0 saturated carbocycles. The van der Waals surface area contributed by atoms with Gasteiger partial charge in [-0.3, -0.25) is 4.79 Å². The van der Waals surface area contributed by atoms with Gasteiger partial charge in [-0.25, -0.2) is 4.39 Å². The van der Waals surface area contributed by atoms with E-state index in [1.165, 1.54) is 12.1 Å². The lowest BCUT2D eigenvalue weighted by Crippen LogP contribution is -2.36. The molecule has 2 aromatic carbocycles. The third-order valence-electron chi connectivity index (χ3n) is 4.33. The van der Waals surface area contributed by atoms with E-state index < -0.39 is 0 Å². The lowest BCUT2D eigenvalue weighted by molar-refractivity contribution is 0.0733. The normalized spacial score (nSPS) is 13.6. The van der Waals surface area contributed by atoms with E-state index >= 15 is 0 Å². The van der Waals surface area contributed by atoms with Gasteiger partial charge in [0.15, 0.2) is 5.76 Å². The molecule has 0 aliphatic carbocycles. The van der Waals surface area contributed by atoms with Gasteiger partial charge in [-0.2, -0.15) is 0 Å². The first-order valence-electron chi connectivity index (χ1n) is 7.90. The maximum absolute atomic E-state index is 13.2. The number of hydrogen-bond donors (Lipinski definition) is 0. The summed E-state index contributed by atoms with van der Waals surface area (Å²) in [6.45, 7) is 1.04. The molecule has 1 aliphatic rings. The van der Waals surface area contributed by atoms with Gasteiger partial charge >= 0.3 is 0 Å². The Balaban J connectivity index is 1.65. The van der Waals surface area contributed by atoms with Gasteiger partial charge in [0.2, 0.25) is 0 Å². The summed E-state index contributed by atoms with van der Waals surface area (Å²) >= 11 is 2.18. The third-order valence-corrected chi connectivity index (χ3v) is 5.28. The Morgan fingerprint density at radius 2 is 1.92 bits per heavy atom. The van der Waals surface area contributed by atoms with Gasteiger partial charge in [0.1, 0.15) is 5.82 Å². The zero-order valence-electron chi connectivity index (χ0n) is 13.2. The molecule has 0 bridgehead atoms. The number of nitrogens with zero attached hydrogens (tertiary/aromatic N) is 2. The van der Waals surface area contributed by atoms with Crippen LogP contribution in [0, 0.1) is 9.39 Å². The van der Waals surface area contributed by atoms with Crippen LogP contribution in [0.2, 0.25) is 0 Å². The molecule has 25 heavy (non-hydrogen) atoms. The fourth-order valence-electron chi connectivity index (χ4n) is 3.02. The second-order valence-corrected chi connectivity index (χ2v) is 7.06. The first-order chi connectivity index (χ1) is 12.1. The molecule has 2 heterocycles. The molecule has 126 valence electrons. The van der Waals surface area contributed by atoms with Crippen LogP contribution in [0.5, 0.6) is 0 Å². The van der Waals surface area contributed by atoms with Crippen molar-refractivity contribution in [1.82, 2.24) is 10.1 Å². The van der Waals surface area contributed by atoms with Crippen LogP contribution in [0.1, 0.15) is 21.6 Å². The molecule has 1 aromatic heterocycles. The summed E-state index contributed by atoms with van der Waals surface area (Å²) in [5, 5.41) is 4.13. The van der Waals surface area contributed by atoms with Gasteiger partial charge in [-0.15, -0.1) is 0 Å². The molecule has 6 heteroatoms. The Hall–Kier alpha value is -2.22. The fourth-order valence-corrected chi connectivity index (χ4v) is 3.64. The molecule has 0 N–H and O–H groups in total. The molecule has 0 spiro atoms. The molecule has 0 radical (unpaired) electrons. The number of fused-ring (bicyclic) bond motifs is 1. The topological polar surface area (TPSA) is 46.3 Å². The van der Waals surface area contributed by atoms with Crippen molar-refractivity contribution in [2.24, 2.45) is 0 Å². The zero-order valence-corrected chi connectivity index (χ0v) is 15.4. The summed E-state index contributed by atoms with van der Waals surface area (Å²) < 4.78 is 19.6. The highest BCUT2D eigenvalue weighted by Crippen LogP contribution is 2.31. The molecule has 3 aromatic rings. The zero-order chi connectivity index (χ0) is 17.4. The predicted octanol–water partition coefficient (Wildman–Crippen LogP) is 4.28. The van der Waals surface area contributed by atoms with Gasteiger partial charge < -0.3 is 9.42 Å². The quantitative estimate of drug-likeness (QED) is 0.550. The van der Waals surface area contributed by atoms with E-state index in [0.29, 0.717) is 30.8 Å². The van der Waals surface area contributed by atoms with E-state index in [1.807, 2.05) is 29.2 Å². The minimum atomic E-state index is -0.299.